The number of aliphatic carboxylic acids is 1. The number of carboxylic acid groups (broad SMARTS) is 1. The maximum Gasteiger partial charge on any atom is 0.324 e. The Labute approximate surface area is 256 Å². The van der Waals surface area contributed by atoms with Gasteiger partial charge >= 0.3 is 5.97 Å². The summed E-state index contributed by atoms with van der Waals surface area (Å²) in [6.07, 6.45) is 6.14. The lowest BCUT2D eigenvalue weighted by atomic mass is 10.0. The lowest BCUT2D eigenvalue weighted by Crippen LogP contribution is -2.56. The Bertz CT molecular complexity index is 1540. The van der Waals surface area contributed by atoms with Gasteiger partial charge in [-0.15, -0.1) is 0 Å². The molecule has 44 heavy (non-hydrogen) atoms. The second kappa shape index (κ2) is 14.3. The third-order valence-electron chi connectivity index (χ3n) is 7.21. The molecule has 1 aromatic heterocycles. The number of nitrogens with zero attached hydrogens (tertiary/aromatic N) is 3. The van der Waals surface area contributed by atoms with Gasteiger partial charge < -0.3 is 35.7 Å². The molecule has 0 saturated carbocycles. The smallest absolute Gasteiger partial charge is 0.324 e. The summed E-state index contributed by atoms with van der Waals surface area (Å²) in [5.41, 5.74) is 6.27. The molecule has 5 N–H and O–H groups in total. The number of rotatable bonds is 4. The van der Waals surface area contributed by atoms with Crippen molar-refractivity contribution in [2.45, 2.75) is 37.6 Å². The predicted octanol–water partition coefficient (Wildman–Crippen LogP) is 1.66. The molecule has 1 aromatic carbocycles. The minimum atomic E-state index is -4.13. The van der Waals surface area contributed by atoms with Crippen LogP contribution in [-0.4, -0.2) is 97.1 Å². The molecule has 2 aromatic rings. The molecule has 15 heteroatoms. The lowest BCUT2D eigenvalue weighted by molar-refractivity contribution is -0.146. The molecular formula is C29H38N6O8S. The molecule has 0 spiro atoms. The summed E-state index contributed by atoms with van der Waals surface area (Å²) in [6.45, 7) is 3.70. The van der Waals surface area contributed by atoms with Gasteiger partial charge in [0.1, 0.15) is 17.9 Å². The molecule has 3 heterocycles. The van der Waals surface area contributed by atoms with Gasteiger partial charge in [0.15, 0.2) is 11.5 Å². The number of aromatic nitrogens is 2. The van der Waals surface area contributed by atoms with E-state index in [-0.39, 0.29) is 57.5 Å². The van der Waals surface area contributed by atoms with Crippen LogP contribution in [0.5, 0.6) is 5.75 Å². The normalized spacial score (nSPS) is 20.3. The van der Waals surface area contributed by atoms with Gasteiger partial charge in [0.05, 0.1) is 49.3 Å². The monoisotopic (exact) mass is 630 g/mol. The number of hydrogen-bond acceptors (Lipinski definition) is 11. The zero-order chi connectivity index (χ0) is 31.9. The van der Waals surface area contributed by atoms with Crippen molar-refractivity contribution in [2.75, 3.05) is 57.7 Å². The van der Waals surface area contributed by atoms with Gasteiger partial charge in [-0.05, 0) is 39.0 Å². The first-order chi connectivity index (χ1) is 21.0. The van der Waals surface area contributed by atoms with Crippen molar-refractivity contribution in [2.24, 2.45) is 0 Å². The van der Waals surface area contributed by atoms with Gasteiger partial charge in [-0.25, -0.2) is 18.4 Å². The van der Waals surface area contributed by atoms with Gasteiger partial charge in [-0.1, -0.05) is 30.4 Å². The third kappa shape index (κ3) is 7.42. The highest BCUT2D eigenvalue weighted by molar-refractivity contribution is 7.90. The van der Waals surface area contributed by atoms with Crippen molar-refractivity contribution in [3.8, 4) is 5.75 Å². The Morgan fingerprint density at radius 2 is 1.93 bits per heavy atom. The first-order valence-electron chi connectivity index (χ1n) is 14.1. The number of para-hydroxylation sites is 1. The molecule has 5 rings (SSSR count). The summed E-state index contributed by atoms with van der Waals surface area (Å²) >= 11 is 0. The van der Waals surface area contributed by atoms with Gasteiger partial charge in [0, 0.05) is 18.7 Å². The highest BCUT2D eigenvalue weighted by atomic mass is 32.2. The summed E-state index contributed by atoms with van der Waals surface area (Å²) in [5.74, 6) is -1.51. The number of anilines is 2. The van der Waals surface area contributed by atoms with Crippen molar-refractivity contribution < 1.29 is 37.3 Å². The van der Waals surface area contributed by atoms with Crippen LogP contribution >= 0.6 is 0 Å². The van der Waals surface area contributed by atoms with Gasteiger partial charge in [0.25, 0.3) is 5.91 Å². The summed E-state index contributed by atoms with van der Waals surface area (Å²) in [6, 6.07) is 5.37. The first-order valence-corrected chi connectivity index (χ1v) is 15.6. The number of sulfonamides is 1. The van der Waals surface area contributed by atoms with Crippen molar-refractivity contribution in [1.29, 1.82) is 0 Å². The highest BCUT2D eigenvalue weighted by Gasteiger charge is 2.44. The second-order valence-corrected chi connectivity index (χ2v) is 12.7. The number of carbonyl (C=O) groups excluding carboxylic acids is 1. The van der Waals surface area contributed by atoms with Gasteiger partial charge in [0.2, 0.25) is 10.0 Å². The molecule has 14 nitrogen and oxygen atoms in total. The quantitative estimate of drug-likeness (QED) is 0.357. The average Bonchev–Trinajstić information content (AvgIpc) is 2.98. The number of benzene rings is 1. The van der Waals surface area contributed by atoms with E-state index in [1.54, 1.807) is 31.3 Å². The molecule has 1 aliphatic carbocycles. The maximum atomic E-state index is 13.7. The van der Waals surface area contributed by atoms with Crippen LogP contribution in [0.1, 0.15) is 42.0 Å². The zero-order valence-electron chi connectivity index (χ0n) is 24.9. The molecule has 2 aliphatic heterocycles. The Balaban J connectivity index is 1.68. The fraction of sp³-hybridized carbons (Fsp3) is 0.448. The molecule has 238 valence electrons. The average molecular weight is 631 g/mol. The minimum Gasteiger partial charge on any atom is -0.489 e. The van der Waals surface area contributed by atoms with Crippen LogP contribution in [0.3, 0.4) is 0 Å². The van der Waals surface area contributed by atoms with Crippen LogP contribution in [0.4, 0.5) is 11.5 Å². The largest absolute Gasteiger partial charge is 0.489 e. The lowest BCUT2D eigenvalue weighted by Gasteiger charge is -2.36. The molecule has 0 radical (unpaired) electrons. The van der Waals surface area contributed by atoms with E-state index in [4.69, 9.17) is 19.9 Å². The van der Waals surface area contributed by atoms with Crippen molar-refractivity contribution in [3.05, 3.63) is 59.6 Å². The fourth-order valence-corrected chi connectivity index (χ4v) is 6.73. The van der Waals surface area contributed by atoms with E-state index in [9.17, 15) is 23.1 Å². The van der Waals surface area contributed by atoms with Crippen molar-refractivity contribution in [1.82, 2.24) is 19.6 Å². The Morgan fingerprint density at radius 1 is 1.20 bits per heavy atom. The van der Waals surface area contributed by atoms with Gasteiger partial charge in [-0.3, -0.25) is 9.59 Å². The van der Waals surface area contributed by atoms with E-state index in [0.29, 0.717) is 29.2 Å². The van der Waals surface area contributed by atoms with E-state index < -0.39 is 32.7 Å². The molecule has 0 saturated heterocycles. The summed E-state index contributed by atoms with van der Waals surface area (Å²) in [7, 11) is -2.33. The number of fused-ring (bicyclic) bond motifs is 12. The van der Waals surface area contributed by atoms with Crippen LogP contribution in [0, 0.1) is 0 Å². The van der Waals surface area contributed by atoms with Crippen LogP contribution < -0.4 is 21.1 Å². The number of amides is 1. The molecule has 0 fully saturated rings. The zero-order valence-corrected chi connectivity index (χ0v) is 25.7. The number of nitrogens with one attached hydrogen (secondary N) is 2. The maximum absolute atomic E-state index is 13.7. The van der Waals surface area contributed by atoms with E-state index >= 15 is 0 Å². The van der Waals surface area contributed by atoms with E-state index in [1.807, 2.05) is 6.07 Å². The molecule has 1 unspecified atom stereocenters. The third-order valence-corrected chi connectivity index (χ3v) is 9.57. The fourth-order valence-electron chi connectivity index (χ4n) is 4.75. The Morgan fingerprint density at radius 3 is 2.61 bits per heavy atom. The standard InChI is InChI=1S/C29H38N6O8S/c1-29(2,28(37)38)35-11-12-41-13-14-42-15-16-43-25-20(17-31-3)5-4-6-22(25)34-27(36)24-26(30)32-18-23(33-24)19-7-9-21(10-8-19)44(35,39)40/h4-9,18,21,31H,10-17H2,1-3H3,(H2,30,32)(H,34,36)(H,37,38). The highest BCUT2D eigenvalue weighted by Crippen LogP contribution is 2.31. The molecular weight excluding hydrogens is 592 g/mol. The number of carboxylic acids is 1. The SMILES string of the molecule is CNCc1cccc2c1OCCOCCOCCN(C(C)(C)C(=O)O)S(=O)(=O)C1C=CC(=CC1)c1cnc(N)c(n1)C(=O)N2. The number of ether oxygens (including phenoxy) is 3. The number of carbonyl (C=O) groups is 2. The molecule has 1 atom stereocenters. The number of nitrogen functional groups attached to an aromatic ring is 1. The number of hydrogen-bond donors (Lipinski definition) is 4. The van der Waals surface area contributed by atoms with Crippen LogP contribution in [0.25, 0.3) is 5.57 Å². The second-order valence-electron chi connectivity index (χ2n) is 10.6. The van der Waals surface area contributed by atoms with E-state index in [2.05, 4.69) is 20.6 Å². The van der Waals surface area contributed by atoms with E-state index in [1.165, 1.54) is 26.1 Å². The topological polar surface area (TPSA) is 195 Å². The summed E-state index contributed by atoms with van der Waals surface area (Å²) in [4.78, 5) is 34.0. The number of allylic oxidation sites excluding steroid dienone is 3. The van der Waals surface area contributed by atoms with Crippen molar-refractivity contribution in [3.63, 3.8) is 0 Å². The summed E-state index contributed by atoms with van der Waals surface area (Å²) in [5, 5.41) is 14.7. The summed E-state index contributed by atoms with van der Waals surface area (Å²) < 4.78 is 45.6. The Kier molecular flexibility index (Phi) is 10.7. The van der Waals surface area contributed by atoms with Gasteiger partial charge in [-0.2, -0.15) is 4.31 Å². The van der Waals surface area contributed by atoms with E-state index in [0.717, 1.165) is 9.87 Å². The van der Waals surface area contributed by atoms with Crippen molar-refractivity contribution >= 4 is 39.0 Å². The van der Waals surface area contributed by atoms with Crippen LogP contribution in [-0.2, 0) is 30.8 Å². The molecule has 3 aliphatic rings. The Hall–Kier alpha value is -3.89. The molecule has 4 bridgehead atoms. The first kappa shape index (κ1) is 33.0. The predicted molar refractivity (Wildman–Crippen MR) is 164 cm³/mol. The molecule has 1 amide bonds. The minimum absolute atomic E-state index is 0.0302. The van der Waals surface area contributed by atoms with Crippen LogP contribution in [0.2, 0.25) is 0 Å². The van der Waals surface area contributed by atoms with Crippen LogP contribution in [0.15, 0.2) is 42.6 Å². The number of nitrogens with two attached hydrogens (primary N) is 1.